The van der Waals surface area contributed by atoms with Gasteiger partial charge in [-0.2, -0.15) is 0 Å². The lowest BCUT2D eigenvalue weighted by atomic mass is 10.1. The third-order valence-corrected chi connectivity index (χ3v) is 7.59. The molecule has 0 unspecified atom stereocenters. The van der Waals surface area contributed by atoms with Crippen molar-refractivity contribution in [2.24, 2.45) is 0 Å². The van der Waals surface area contributed by atoms with Crippen LogP contribution in [0.4, 0.5) is 10.5 Å². The molecule has 0 radical (unpaired) electrons. The highest BCUT2D eigenvalue weighted by Crippen LogP contribution is 2.31. The fourth-order valence-corrected chi connectivity index (χ4v) is 5.43. The van der Waals surface area contributed by atoms with Crippen LogP contribution in [-0.2, 0) is 25.8 Å². The predicted molar refractivity (Wildman–Crippen MR) is 132 cm³/mol. The topological polar surface area (TPSA) is 114 Å². The molecule has 0 saturated heterocycles. The lowest BCUT2D eigenvalue weighted by Gasteiger charge is -2.06. The number of hydrogen-bond acceptors (Lipinski definition) is 8. The number of aromatic nitrogens is 1. The monoisotopic (exact) mass is 505 g/mol. The number of carbonyl (C=O) groups excluding carboxylic acids is 2. The molecule has 0 spiro atoms. The molecule has 3 rings (SSSR count). The molecule has 0 atom stereocenters. The Bertz CT molecular complexity index is 1250. The Labute approximate surface area is 200 Å². The van der Waals surface area contributed by atoms with Gasteiger partial charge in [0.05, 0.1) is 21.5 Å². The van der Waals surface area contributed by atoms with E-state index in [-0.39, 0.29) is 23.8 Å². The highest BCUT2D eigenvalue weighted by Gasteiger charge is 2.10. The number of thioether (sulfide) groups is 1. The van der Waals surface area contributed by atoms with Gasteiger partial charge in [-0.3, -0.25) is 4.79 Å². The summed E-state index contributed by atoms with van der Waals surface area (Å²) in [5.41, 5.74) is 2.21. The zero-order valence-electron chi connectivity index (χ0n) is 17.9. The van der Waals surface area contributed by atoms with E-state index in [2.05, 4.69) is 22.2 Å². The van der Waals surface area contributed by atoms with Gasteiger partial charge in [0.15, 0.2) is 14.2 Å². The maximum absolute atomic E-state index is 12.4. The number of ether oxygens (including phenoxy) is 1. The SMILES string of the molecule is C=CCOC(=O)NCCSc1nc2ccc(NC(=O)Cc3ccc(S(C)(=O)=O)cc3)cc2s1. The molecule has 11 heteroatoms. The van der Waals surface area contributed by atoms with Crippen molar-refractivity contribution in [3.63, 3.8) is 0 Å². The van der Waals surface area contributed by atoms with E-state index in [0.29, 0.717) is 18.0 Å². The van der Waals surface area contributed by atoms with Crippen LogP contribution in [0.15, 0.2) is 64.4 Å². The van der Waals surface area contributed by atoms with Crippen LogP contribution in [0.3, 0.4) is 0 Å². The van der Waals surface area contributed by atoms with Crippen molar-refractivity contribution in [2.75, 3.05) is 30.5 Å². The van der Waals surface area contributed by atoms with Gasteiger partial charge >= 0.3 is 6.09 Å². The summed E-state index contributed by atoms with van der Waals surface area (Å²) >= 11 is 3.03. The molecule has 33 heavy (non-hydrogen) atoms. The molecule has 1 aromatic heterocycles. The van der Waals surface area contributed by atoms with E-state index in [1.165, 1.54) is 41.3 Å². The van der Waals surface area contributed by atoms with Gasteiger partial charge in [-0.15, -0.1) is 11.3 Å². The van der Waals surface area contributed by atoms with Crippen LogP contribution < -0.4 is 10.6 Å². The third kappa shape index (κ3) is 7.58. The van der Waals surface area contributed by atoms with E-state index >= 15 is 0 Å². The maximum atomic E-state index is 12.4. The van der Waals surface area contributed by atoms with Crippen LogP contribution in [0.1, 0.15) is 5.56 Å². The van der Waals surface area contributed by atoms with Crippen molar-refractivity contribution < 1.29 is 22.7 Å². The average Bonchev–Trinajstić information content (AvgIpc) is 3.17. The van der Waals surface area contributed by atoms with E-state index < -0.39 is 15.9 Å². The lowest BCUT2D eigenvalue weighted by Crippen LogP contribution is -2.26. The van der Waals surface area contributed by atoms with Crippen LogP contribution in [0, 0.1) is 0 Å². The largest absolute Gasteiger partial charge is 0.445 e. The zero-order chi connectivity index (χ0) is 23.8. The summed E-state index contributed by atoms with van der Waals surface area (Å²) in [6.07, 6.45) is 2.30. The fraction of sp³-hybridized carbons (Fsp3) is 0.227. The summed E-state index contributed by atoms with van der Waals surface area (Å²) in [4.78, 5) is 28.6. The second kappa shape index (κ2) is 11.3. The average molecular weight is 506 g/mol. The van der Waals surface area contributed by atoms with Crippen LogP contribution >= 0.6 is 23.1 Å². The lowest BCUT2D eigenvalue weighted by molar-refractivity contribution is -0.115. The Morgan fingerprint density at radius 3 is 2.67 bits per heavy atom. The molecule has 2 N–H and O–H groups in total. The quantitative estimate of drug-likeness (QED) is 0.244. The summed E-state index contributed by atoms with van der Waals surface area (Å²) in [7, 11) is -3.26. The smallest absolute Gasteiger partial charge is 0.407 e. The van der Waals surface area contributed by atoms with Crippen LogP contribution in [-0.4, -0.2) is 50.6 Å². The van der Waals surface area contributed by atoms with Gasteiger partial charge < -0.3 is 15.4 Å². The van der Waals surface area contributed by atoms with Gasteiger partial charge in [-0.25, -0.2) is 18.2 Å². The van der Waals surface area contributed by atoms with Crippen LogP contribution in [0.25, 0.3) is 10.2 Å². The van der Waals surface area contributed by atoms with Crippen LogP contribution in [0.5, 0.6) is 0 Å². The van der Waals surface area contributed by atoms with Crippen molar-refractivity contribution in [3.05, 3.63) is 60.7 Å². The first-order valence-electron chi connectivity index (χ1n) is 9.88. The number of alkyl carbamates (subject to hydrolysis) is 1. The minimum absolute atomic E-state index is 0.133. The van der Waals surface area contributed by atoms with Crippen molar-refractivity contribution in [3.8, 4) is 0 Å². The van der Waals surface area contributed by atoms with Crippen LogP contribution in [0.2, 0.25) is 0 Å². The molecule has 174 valence electrons. The molecule has 1 heterocycles. The number of nitrogens with zero attached hydrogens (tertiary/aromatic N) is 1. The van der Waals surface area contributed by atoms with Gasteiger partial charge in [0.2, 0.25) is 5.91 Å². The number of anilines is 1. The van der Waals surface area contributed by atoms with Gasteiger partial charge in [0, 0.05) is 24.2 Å². The second-order valence-corrected chi connectivity index (χ2v) is 11.4. The summed E-state index contributed by atoms with van der Waals surface area (Å²) in [5, 5.41) is 5.52. The summed E-state index contributed by atoms with van der Waals surface area (Å²) in [5.74, 6) is 0.444. The van der Waals surface area contributed by atoms with Crippen molar-refractivity contribution in [2.45, 2.75) is 15.7 Å². The molecule has 0 saturated carbocycles. The van der Waals surface area contributed by atoms with Gasteiger partial charge in [0.1, 0.15) is 6.61 Å². The van der Waals surface area contributed by atoms with Crippen molar-refractivity contribution >= 4 is 60.8 Å². The molecule has 2 aromatic carbocycles. The molecular formula is C22H23N3O5S3. The molecular weight excluding hydrogens is 482 g/mol. The van der Waals surface area contributed by atoms with Gasteiger partial charge in [-0.05, 0) is 35.9 Å². The molecule has 0 aliphatic carbocycles. The summed E-state index contributed by atoms with van der Waals surface area (Å²) in [6.45, 7) is 4.10. The molecule has 0 fully saturated rings. The standard InChI is InChI=1S/C22H23N3O5S3/c1-3-11-30-21(27)23-10-12-31-22-25-18-9-6-16(14-19(18)32-22)24-20(26)13-15-4-7-17(8-5-15)33(2,28)29/h3-9,14H,1,10-13H2,2H3,(H,23,27)(H,24,26). The predicted octanol–water partition coefficient (Wildman–Crippen LogP) is 3.89. The number of fused-ring (bicyclic) bond motifs is 1. The van der Waals surface area contributed by atoms with Crippen molar-refractivity contribution in [1.29, 1.82) is 0 Å². The highest BCUT2D eigenvalue weighted by atomic mass is 32.2. The molecule has 0 aliphatic heterocycles. The Balaban J connectivity index is 1.52. The maximum Gasteiger partial charge on any atom is 0.407 e. The number of hydrogen-bond donors (Lipinski definition) is 2. The van der Waals surface area contributed by atoms with E-state index in [0.717, 1.165) is 26.4 Å². The van der Waals surface area contributed by atoms with E-state index in [1.807, 2.05) is 12.1 Å². The zero-order valence-corrected chi connectivity index (χ0v) is 20.3. The number of benzene rings is 2. The number of sulfone groups is 1. The number of amides is 2. The van der Waals surface area contributed by atoms with E-state index in [1.54, 1.807) is 18.2 Å². The van der Waals surface area contributed by atoms with Gasteiger partial charge in [-0.1, -0.05) is 36.5 Å². The van der Waals surface area contributed by atoms with E-state index in [9.17, 15) is 18.0 Å². The Morgan fingerprint density at radius 2 is 1.97 bits per heavy atom. The first-order valence-corrected chi connectivity index (χ1v) is 13.6. The Morgan fingerprint density at radius 1 is 1.21 bits per heavy atom. The van der Waals surface area contributed by atoms with Crippen molar-refractivity contribution in [1.82, 2.24) is 10.3 Å². The van der Waals surface area contributed by atoms with Gasteiger partial charge in [0.25, 0.3) is 0 Å². The molecule has 2 amide bonds. The summed E-state index contributed by atoms with van der Waals surface area (Å²) in [6, 6.07) is 11.8. The Hall–Kier alpha value is -2.89. The molecule has 0 aliphatic rings. The number of rotatable bonds is 10. The minimum Gasteiger partial charge on any atom is -0.445 e. The molecule has 0 bridgehead atoms. The fourth-order valence-electron chi connectivity index (χ4n) is 2.77. The minimum atomic E-state index is -3.26. The molecule has 3 aromatic rings. The second-order valence-electron chi connectivity index (χ2n) is 6.97. The first kappa shape index (κ1) is 24.7. The third-order valence-electron chi connectivity index (χ3n) is 4.30. The highest BCUT2D eigenvalue weighted by molar-refractivity contribution is 8.01. The van der Waals surface area contributed by atoms with E-state index in [4.69, 9.17) is 4.74 Å². The normalized spacial score (nSPS) is 11.2. The Kier molecular flexibility index (Phi) is 8.48. The number of carbonyl (C=O) groups is 2. The number of thiazole rings is 1. The number of nitrogens with one attached hydrogen (secondary N) is 2. The molecule has 8 nitrogen and oxygen atoms in total. The first-order chi connectivity index (χ1) is 15.7. The summed E-state index contributed by atoms with van der Waals surface area (Å²) < 4.78 is 29.7.